The van der Waals surface area contributed by atoms with Crippen molar-refractivity contribution >= 4 is 23.4 Å². The molecule has 1 atom stereocenters. The van der Waals surface area contributed by atoms with Crippen LogP contribution in [0.15, 0.2) is 59.2 Å². The zero-order valence-electron chi connectivity index (χ0n) is 19.4. The molecule has 1 N–H and O–H groups in total. The largest absolute Gasteiger partial charge is 0.463 e. The fourth-order valence-electron chi connectivity index (χ4n) is 5.24. The molecule has 1 saturated carbocycles. The van der Waals surface area contributed by atoms with Gasteiger partial charge in [0.05, 0.1) is 18.5 Å². The smallest absolute Gasteiger partial charge is 0.271 e. The molecule has 3 heterocycles. The standard InChI is InChI=1S/C27H30ClN3O3/c1-27(26(33)29-21-10-4-2-3-5-11-21)18-30-22(24-12-7-15-34-24)13-14-23(30)25(32)31(27)17-19-8-6-9-20(28)16-19/h6-9,12-16,21H,2-5,10-11,17-18H2,1H3,(H,29,33)/t27-/m0/s1. The van der Waals surface area contributed by atoms with Gasteiger partial charge >= 0.3 is 0 Å². The second-order valence-electron chi connectivity index (χ2n) is 9.62. The molecule has 6 nitrogen and oxygen atoms in total. The van der Waals surface area contributed by atoms with Gasteiger partial charge in [0.25, 0.3) is 5.91 Å². The second kappa shape index (κ2) is 9.34. The van der Waals surface area contributed by atoms with Crippen LogP contribution >= 0.6 is 11.6 Å². The summed E-state index contributed by atoms with van der Waals surface area (Å²) in [5.41, 5.74) is 1.16. The van der Waals surface area contributed by atoms with Crippen molar-refractivity contribution < 1.29 is 14.0 Å². The van der Waals surface area contributed by atoms with Crippen LogP contribution in [0.3, 0.4) is 0 Å². The summed E-state index contributed by atoms with van der Waals surface area (Å²) in [6.07, 6.45) is 8.25. The molecule has 2 aromatic heterocycles. The van der Waals surface area contributed by atoms with Gasteiger partial charge in [-0.25, -0.2) is 0 Å². The van der Waals surface area contributed by atoms with Gasteiger partial charge in [-0.05, 0) is 61.7 Å². The minimum absolute atomic E-state index is 0.112. The highest BCUT2D eigenvalue weighted by molar-refractivity contribution is 6.30. The van der Waals surface area contributed by atoms with E-state index in [9.17, 15) is 9.59 Å². The molecular formula is C27H30ClN3O3. The molecule has 0 spiro atoms. The first-order valence-corrected chi connectivity index (χ1v) is 12.4. The van der Waals surface area contributed by atoms with Crippen LogP contribution in [-0.2, 0) is 17.9 Å². The number of carbonyl (C=O) groups is 2. The lowest BCUT2D eigenvalue weighted by Crippen LogP contribution is -2.64. The summed E-state index contributed by atoms with van der Waals surface area (Å²) < 4.78 is 7.54. The molecule has 1 aromatic carbocycles. The first kappa shape index (κ1) is 22.8. The summed E-state index contributed by atoms with van der Waals surface area (Å²) in [5, 5.41) is 3.90. The summed E-state index contributed by atoms with van der Waals surface area (Å²) in [7, 11) is 0. The number of furan rings is 1. The molecule has 7 heteroatoms. The first-order chi connectivity index (χ1) is 16.5. The summed E-state index contributed by atoms with van der Waals surface area (Å²) >= 11 is 6.22. The fourth-order valence-corrected chi connectivity index (χ4v) is 5.46. The van der Waals surface area contributed by atoms with E-state index in [0.717, 1.165) is 36.9 Å². The predicted molar refractivity (Wildman–Crippen MR) is 131 cm³/mol. The van der Waals surface area contributed by atoms with Crippen molar-refractivity contribution in [2.45, 2.75) is 70.1 Å². The van der Waals surface area contributed by atoms with Gasteiger partial charge in [-0.2, -0.15) is 0 Å². The predicted octanol–water partition coefficient (Wildman–Crippen LogP) is 5.66. The number of rotatable bonds is 5. The van der Waals surface area contributed by atoms with Crippen molar-refractivity contribution in [1.82, 2.24) is 14.8 Å². The maximum Gasteiger partial charge on any atom is 0.271 e. The van der Waals surface area contributed by atoms with Crippen LogP contribution in [0.25, 0.3) is 11.5 Å². The zero-order valence-corrected chi connectivity index (χ0v) is 20.2. The fraction of sp³-hybridized carbons (Fsp3) is 0.407. The molecule has 2 amide bonds. The average Bonchev–Trinajstić information content (AvgIpc) is 3.41. The normalized spacial score (nSPS) is 21.2. The van der Waals surface area contributed by atoms with Crippen molar-refractivity contribution in [3.8, 4) is 11.5 Å². The molecule has 0 unspecified atom stereocenters. The third-order valence-corrected chi connectivity index (χ3v) is 7.42. The number of carbonyl (C=O) groups excluding carboxylic acids is 2. The number of halogens is 1. The molecule has 0 radical (unpaired) electrons. The summed E-state index contributed by atoms with van der Waals surface area (Å²) in [5.74, 6) is 0.385. The van der Waals surface area contributed by atoms with Crippen molar-refractivity contribution in [1.29, 1.82) is 0 Å². The topological polar surface area (TPSA) is 67.5 Å². The Morgan fingerprint density at radius 1 is 1.09 bits per heavy atom. The average molecular weight is 480 g/mol. The minimum atomic E-state index is -1.07. The molecule has 5 rings (SSSR count). The van der Waals surface area contributed by atoms with Gasteiger partial charge in [-0.15, -0.1) is 0 Å². The quantitative estimate of drug-likeness (QED) is 0.480. The Labute approximate surface area is 204 Å². The van der Waals surface area contributed by atoms with E-state index in [1.54, 1.807) is 11.2 Å². The lowest BCUT2D eigenvalue weighted by molar-refractivity contribution is -0.134. The molecule has 0 bridgehead atoms. The van der Waals surface area contributed by atoms with E-state index in [2.05, 4.69) is 5.32 Å². The Bertz CT molecular complexity index is 1180. The Morgan fingerprint density at radius 2 is 1.85 bits per heavy atom. The van der Waals surface area contributed by atoms with Gasteiger partial charge in [0, 0.05) is 17.6 Å². The highest BCUT2D eigenvalue weighted by Gasteiger charge is 2.48. The van der Waals surface area contributed by atoms with Crippen LogP contribution in [0.4, 0.5) is 0 Å². The molecule has 1 aliphatic heterocycles. The Kier molecular flexibility index (Phi) is 6.26. The number of benzene rings is 1. The van der Waals surface area contributed by atoms with Gasteiger partial charge in [-0.1, -0.05) is 49.4 Å². The summed E-state index contributed by atoms with van der Waals surface area (Å²) in [4.78, 5) is 29.4. The third kappa shape index (κ3) is 4.27. The third-order valence-electron chi connectivity index (χ3n) is 7.19. The molecule has 2 aliphatic rings. The van der Waals surface area contributed by atoms with E-state index < -0.39 is 5.54 Å². The van der Waals surface area contributed by atoms with E-state index in [1.165, 1.54) is 12.8 Å². The molecule has 3 aromatic rings. The molecule has 1 fully saturated rings. The highest BCUT2D eigenvalue weighted by Crippen LogP contribution is 2.35. The van der Waals surface area contributed by atoms with Gasteiger partial charge in [0.15, 0.2) is 0 Å². The molecule has 178 valence electrons. The Hall–Kier alpha value is -2.99. The van der Waals surface area contributed by atoms with E-state index in [1.807, 2.05) is 60.0 Å². The van der Waals surface area contributed by atoms with Gasteiger partial charge < -0.3 is 19.2 Å². The Balaban J connectivity index is 1.52. The summed E-state index contributed by atoms with van der Waals surface area (Å²) in [6.45, 7) is 2.52. The lowest BCUT2D eigenvalue weighted by atomic mass is 9.92. The number of aromatic nitrogens is 1. The first-order valence-electron chi connectivity index (χ1n) is 12.1. The molecule has 34 heavy (non-hydrogen) atoms. The molecule has 1 aliphatic carbocycles. The van der Waals surface area contributed by atoms with Crippen LogP contribution in [0.5, 0.6) is 0 Å². The highest BCUT2D eigenvalue weighted by atomic mass is 35.5. The van der Waals surface area contributed by atoms with Crippen molar-refractivity contribution in [3.05, 3.63) is 71.1 Å². The number of hydrogen-bond donors (Lipinski definition) is 1. The van der Waals surface area contributed by atoms with Crippen molar-refractivity contribution in [3.63, 3.8) is 0 Å². The second-order valence-corrected chi connectivity index (χ2v) is 10.1. The molecule has 0 saturated heterocycles. The number of nitrogens with zero attached hydrogens (tertiary/aromatic N) is 2. The Morgan fingerprint density at radius 3 is 2.56 bits per heavy atom. The van der Waals surface area contributed by atoms with E-state index in [0.29, 0.717) is 29.6 Å². The van der Waals surface area contributed by atoms with Crippen LogP contribution in [-0.4, -0.2) is 32.9 Å². The number of amides is 2. The van der Waals surface area contributed by atoms with Gasteiger partial charge in [0.2, 0.25) is 5.91 Å². The van der Waals surface area contributed by atoms with Crippen LogP contribution in [0, 0.1) is 0 Å². The lowest BCUT2D eigenvalue weighted by Gasteiger charge is -2.45. The van der Waals surface area contributed by atoms with Gasteiger partial charge in [-0.3, -0.25) is 9.59 Å². The maximum absolute atomic E-state index is 13.9. The van der Waals surface area contributed by atoms with Crippen molar-refractivity contribution in [2.24, 2.45) is 0 Å². The van der Waals surface area contributed by atoms with E-state index in [-0.39, 0.29) is 17.9 Å². The van der Waals surface area contributed by atoms with E-state index in [4.69, 9.17) is 16.0 Å². The van der Waals surface area contributed by atoms with Crippen LogP contribution in [0.2, 0.25) is 5.02 Å². The number of hydrogen-bond acceptors (Lipinski definition) is 3. The molecular weight excluding hydrogens is 450 g/mol. The van der Waals surface area contributed by atoms with E-state index >= 15 is 0 Å². The zero-order chi connectivity index (χ0) is 23.7. The number of fused-ring (bicyclic) bond motifs is 1. The minimum Gasteiger partial charge on any atom is -0.463 e. The monoisotopic (exact) mass is 479 g/mol. The van der Waals surface area contributed by atoms with Gasteiger partial charge in [0.1, 0.15) is 17.0 Å². The van der Waals surface area contributed by atoms with Crippen LogP contribution in [0.1, 0.15) is 61.5 Å². The SMILES string of the molecule is C[C@@]1(C(=O)NC2CCCCCC2)Cn2c(ccc2-c2ccco2)C(=O)N1Cc1cccc(Cl)c1. The maximum atomic E-state index is 13.9. The van der Waals surface area contributed by atoms with Crippen LogP contribution < -0.4 is 5.32 Å². The van der Waals surface area contributed by atoms with Crippen molar-refractivity contribution in [2.75, 3.05) is 0 Å². The summed E-state index contributed by atoms with van der Waals surface area (Å²) in [6, 6.07) is 15.0. The number of nitrogens with one attached hydrogen (secondary N) is 1.